The molecular formula is C12H17FO2. The van der Waals surface area contributed by atoms with E-state index < -0.39 is 11.6 Å². The third-order valence-electron chi connectivity index (χ3n) is 2.43. The largest absolute Gasteiger partial charge is 0.504 e. The number of aryl methyl sites for hydroxylation is 1. The Hall–Kier alpha value is -1.25. The van der Waals surface area contributed by atoms with E-state index in [0.717, 1.165) is 24.8 Å². The van der Waals surface area contributed by atoms with Crippen LogP contribution in [-0.2, 0) is 12.8 Å². The summed E-state index contributed by atoms with van der Waals surface area (Å²) in [5.41, 5.74) is 1.34. The van der Waals surface area contributed by atoms with Crippen molar-refractivity contribution in [2.75, 3.05) is 0 Å². The average Bonchev–Trinajstić information content (AvgIpc) is 2.21. The maximum absolute atomic E-state index is 13.6. The van der Waals surface area contributed by atoms with Crippen molar-refractivity contribution in [2.24, 2.45) is 0 Å². The van der Waals surface area contributed by atoms with Crippen molar-refractivity contribution in [2.45, 2.75) is 39.5 Å². The summed E-state index contributed by atoms with van der Waals surface area (Å²) < 4.78 is 13.6. The second kappa shape index (κ2) is 5.01. The molecule has 84 valence electrons. The number of phenolic OH excluding ortho intramolecular Hbond substituents is 2. The zero-order chi connectivity index (χ0) is 11.4. The van der Waals surface area contributed by atoms with Crippen LogP contribution in [0.4, 0.5) is 4.39 Å². The van der Waals surface area contributed by atoms with E-state index in [2.05, 4.69) is 0 Å². The molecule has 15 heavy (non-hydrogen) atoms. The summed E-state index contributed by atoms with van der Waals surface area (Å²) in [4.78, 5) is 0. The highest BCUT2D eigenvalue weighted by atomic mass is 19.1. The first-order valence-electron chi connectivity index (χ1n) is 5.33. The van der Waals surface area contributed by atoms with Crippen LogP contribution < -0.4 is 0 Å². The van der Waals surface area contributed by atoms with Gasteiger partial charge in [0.05, 0.1) is 0 Å². The first-order valence-corrected chi connectivity index (χ1v) is 5.33. The number of phenols is 2. The molecular weight excluding hydrogens is 195 g/mol. The van der Waals surface area contributed by atoms with Gasteiger partial charge in [0.1, 0.15) is 0 Å². The fraction of sp³-hybridized carbons (Fsp3) is 0.500. The summed E-state index contributed by atoms with van der Waals surface area (Å²) in [7, 11) is 0. The standard InChI is InChI=1S/C12H17FO2/c1-3-5-8-7-10(14)12(15)11(13)9(8)6-4-2/h7,14-15H,3-6H2,1-2H3. The Morgan fingerprint density at radius 1 is 1.13 bits per heavy atom. The maximum Gasteiger partial charge on any atom is 0.194 e. The lowest BCUT2D eigenvalue weighted by Gasteiger charge is -2.11. The fourth-order valence-corrected chi connectivity index (χ4v) is 1.73. The molecule has 2 N–H and O–H groups in total. The van der Waals surface area contributed by atoms with Crippen LogP contribution in [0.2, 0.25) is 0 Å². The van der Waals surface area contributed by atoms with E-state index in [1.54, 1.807) is 0 Å². The molecule has 0 aliphatic heterocycles. The molecule has 0 fully saturated rings. The Morgan fingerprint density at radius 3 is 2.27 bits per heavy atom. The van der Waals surface area contributed by atoms with Crippen LogP contribution in [0.3, 0.4) is 0 Å². The van der Waals surface area contributed by atoms with Crippen LogP contribution in [0.25, 0.3) is 0 Å². The lowest BCUT2D eigenvalue weighted by atomic mass is 9.98. The van der Waals surface area contributed by atoms with Gasteiger partial charge in [0.2, 0.25) is 0 Å². The predicted octanol–water partition coefficient (Wildman–Crippen LogP) is 3.14. The van der Waals surface area contributed by atoms with Gasteiger partial charge in [-0.25, -0.2) is 4.39 Å². The Morgan fingerprint density at radius 2 is 1.73 bits per heavy atom. The maximum atomic E-state index is 13.6. The van der Waals surface area contributed by atoms with Crippen molar-refractivity contribution < 1.29 is 14.6 Å². The minimum Gasteiger partial charge on any atom is -0.504 e. The van der Waals surface area contributed by atoms with Crippen LogP contribution in [-0.4, -0.2) is 10.2 Å². The number of aromatic hydroxyl groups is 2. The molecule has 0 heterocycles. The molecule has 0 amide bonds. The van der Waals surface area contributed by atoms with E-state index in [0.29, 0.717) is 12.0 Å². The average molecular weight is 212 g/mol. The van der Waals surface area contributed by atoms with Crippen molar-refractivity contribution in [3.63, 3.8) is 0 Å². The van der Waals surface area contributed by atoms with E-state index in [1.807, 2.05) is 13.8 Å². The van der Waals surface area contributed by atoms with E-state index in [-0.39, 0.29) is 5.75 Å². The van der Waals surface area contributed by atoms with Gasteiger partial charge in [-0.15, -0.1) is 0 Å². The summed E-state index contributed by atoms with van der Waals surface area (Å²) in [6.45, 7) is 3.95. The van der Waals surface area contributed by atoms with Crippen LogP contribution in [0, 0.1) is 5.82 Å². The quantitative estimate of drug-likeness (QED) is 0.753. The molecule has 3 heteroatoms. The molecule has 0 aliphatic rings. The lowest BCUT2D eigenvalue weighted by Crippen LogP contribution is -1.98. The van der Waals surface area contributed by atoms with Crippen LogP contribution >= 0.6 is 0 Å². The molecule has 0 bridgehead atoms. The zero-order valence-corrected chi connectivity index (χ0v) is 9.18. The van der Waals surface area contributed by atoms with Gasteiger partial charge in [-0.1, -0.05) is 26.7 Å². The number of halogens is 1. The summed E-state index contributed by atoms with van der Waals surface area (Å²) in [5.74, 6) is -1.66. The molecule has 1 aromatic rings. The third kappa shape index (κ3) is 2.41. The van der Waals surface area contributed by atoms with Gasteiger partial charge in [-0.2, -0.15) is 0 Å². The summed E-state index contributed by atoms with van der Waals surface area (Å²) in [6, 6.07) is 1.47. The molecule has 0 aliphatic carbocycles. The van der Waals surface area contributed by atoms with E-state index >= 15 is 0 Å². The lowest BCUT2D eigenvalue weighted by molar-refractivity contribution is 0.375. The Kier molecular flexibility index (Phi) is 3.95. The zero-order valence-electron chi connectivity index (χ0n) is 9.18. The molecule has 0 unspecified atom stereocenters. The highest BCUT2D eigenvalue weighted by Crippen LogP contribution is 2.33. The second-order valence-corrected chi connectivity index (χ2v) is 3.70. The Labute approximate surface area is 89.4 Å². The van der Waals surface area contributed by atoms with Gasteiger partial charge in [0.15, 0.2) is 17.3 Å². The van der Waals surface area contributed by atoms with Gasteiger partial charge in [0, 0.05) is 0 Å². The monoisotopic (exact) mass is 212 g/mol. The fourth-order valence-electron chi connectivity index (χ4n) is 1.73. The second-order valence-electron chi connectivity index (χ2n) is 3.70. The Balaban J connectivity index is 3.23. The van der Waals surface area contributed by atoms with Crippen LogP contribution in [0.5, 0.6) is 11.5 Å². The number of hydrogen-bond donors (Lipinski definition) is 2. The van der Waals surface area contributed by atoms with E-state index in [9.17, 15) is 14.6 Å². The number of benzene rings is 1. The molecule has 0 saturated heterocycles. The van der Waals surface area contributed by atoms with Crippen molar-refractivity contribution in [3.05, 3.63) is 23.0 Å². The topological polar surface area (TPSA) is 40.5 Å². The highest BCUT2D eigenvalue weighted by molar-refractivity contribution is 5.47. The van der Waals surface area contributed by atoms with E-state index in [4.69, 9.17) is 0 Å². The Bertz CT molecular complexity index is 348. The first kappa shape index (κ1) is 11.8. The molecule has 2 nitrogen and oxygen atoms in total. The van der Waals surface area contributed by atoms with Gasteiger partial charge in [-0.3, -0.25) is 0 Å². The first-order chi connectivity index (χ1) is 7.11. The van der Waals surface area contributed by atoms with Crippen LogP contribution in [0.1, 0.15) is 37.8 Å². The van der Waals surface area contributed by atoms with Crippen molar-refractivity contribution in [1.29, 1.82) is 0 Å². The molecule has 0 aromatic heterocycles. The van der Waals surface area contributed by atoms with Gasteiger partial charge >= 0.3 is 0 Å². The highest BCUT2D eigenvalue weighted by Gasteiger charge is 2.16. The van der Waals surface area contributed by atoms with Crippen molar-refractivity contribution in [1.82, 2.24) is 0 Å². The summed E-state index contributed by atoms with van der Waals surface area (Å²) in [5, 5.41) is 18.6. The molecule has 1 rings (SSSR count). The normalized spacial score (nSPS) is 10.6. The minimum atomic E-state index is -0.666. The molecule has 0 saturated carbocycles. The molecule has 1 aromatic carbocycles. The molecule has 0 radical (unpaired) electrons. The van der Waals surface area contributed by atoms with Crippen LogP contribution in [0.15, 0.2) is 6.07 Å². The van der Waals surface area contributed by atoms with E-state index in [1.165, 1.54) is 6.07 Å². The summed E-state index contributed by atoms with van der Waals surface area (Å²) >= 11 is 0. The third-order valence-corrected chi connectivity index (χ3v) is 2.43. The molecule has 0 spiro atoms. The van der Waals surface area contributed by atoms with Crippen molar-refractivity contribution >= 4 is 0 Å². The van der Waals surface area contributed by atoms with Crippen molar-refractivity contribution in [3.8, 4) is 11.5 Å². The number of rotatable bonds is 4. The number of hydrogen-bond acceptors (Lipinski definition) is 2. The molecule has 0 atom stereocenters. The summed E-state index contributed by atoms with van der Waals surface area (Å²) in [6.07, 6.45) is 3.02. The minimum absolute atomic E-state index is 0.365. The van der Waals surface area contributed by atoms with Gasteiger partial charge in [-0.05, 0) is 30.0 Å². The van der Waals surface area contributed by atoms with Gasteiger partial charge in [0.25, 0.3) is 0 Å². The SMILES string of the molecule is CCCc1cc(O)c(O)c(F)c1CCC. The predicted molar refractivity (Wildman–Crippen MR) is 57.7 cm³/mol. The smallest absolute Gasteiger partial charge is 0.194 e. The van der Waals surface area contributed by atoms with Gasteiger partial charge < -0.3 is 10.2 Å².